The lowest BCUT2D eigenvalue weighted by atomic mass is 10.1. The molecular formula is C21H19F3N4. The van der Waals surface area contributed by atoms with Crippen LogP contribution in [0, 0.1) is 0 Å². The van der Waals surface area contributed by atoms with E-state index >= 15 is 0 Å². The van der Waals surface area contributed by atoms with Crippen molar-refractivity contribution in [3.8, 4) is 11.3 Å². The van der Waals surface area contributed by atoms with Crippen molar-refractivity contribution >= 4 is 17.5 Å². The maximum absolute atomic E-state index is 13.3. The average Bonchev–Trinajstić information content (AvgIpc) is 3.23. The summed E-state index contributed by atoms with van der Waals surface area (Å²) in [5, 5.41) is 2.78. The largest absolute Gasteiger partial charge is 0.418 e. The van der Waals surface area contributed by atoms with Crippen LogP contribution in [0.5, 0.6) is 0 Å². The Bertz CT molecular complexity index is 951. The van der Waals surface area contributed by atoms with Gasteiger partial charge in [-0.3, -0.25) is 0 Å². The van der Waals surface area contributed by atoms with Gasteiger partial charge in [-0.15, -0.1) is 0 Å². The van der Waals surface area contributed by atoms with Gasteiger partial charge < -0.3 is 10.2 Å². The van der Waals surface area contributed by atoms with E-state index in [1.807, 2.05) is 36.4 Å². The van der Waals surface area contributed by atoms with Crippen molar-refractivity contribution in [2.45, 2.75) is 19.0 Å². The van der Waals surface area contributed by atoms with Crippen LogP contribution >= 0.6 is 0 Å². The molecule has 3 aromatic rings. The van der Waals surface area contributed by atoms with E-state index in [0.29, 0.717) is 5.69 Å². The predicted octanol–water partition coefficient (Wildman–Crippen LogP) is 5.51. The molecule has 0 saturated carbocycles. The Morgan fingerprint density at radius 3 is 2.25 bits per heavy atom. The molecule has 0 amide bonds. The second-order valence-corrected chi connectivity index (χ2v) is 6.66. The van der Waals surface area contributed by atoms with Crippen LogP contribution in [-0.2, 0) is 6.18 Å². The van der Waals surface area contributed by atoms with Gasteiger partial charge in [0.2, 0.25) is 5.95 Å². The van der Waals surface area contributed by atoms with E-state index in [9.17, 15) is 13.2 Å². The first-order valence-electron chi connectivity index (χ1n) is 9.13. The fraction of sp³-hybridized carbons (Fsp3) is 0.238. The number of alkyl halides is 3. The third-order valence-electron chi connectivity index (χ3n) is 4.69. The van der Waals surface area contributed by atoms with E-state index in [1.165, 1.54) is 12.1 Å². The second-order valence-electron chi connectivity index (χ2n) is 6.66. The van der Waals surface area contributed by atoms with Gasteiger partial charge in [-0.05, 0) is 25.0 Å². The number of para-hydroxylation sites is 1. The van der Waals surface area contributed by atoms with Crippen molar-refractivity contribution in [1.82, 2.24) is 9.97 Å². The SMILES string of the molecule is FC(F)(F)c1ccccc1Nc1nc(-c2ccccc2)cc(N2CCCC2)n1. The Hall–Kier alpha value is -3.09. The highest BCUT2D eigenvalue weighted by molar-refractivity contribution is 5.67. The molecular weight excluding hydrogens is 365 g/mol. The lowest BCUT2D eigenvalue weighted by Gasteiger charge is -2.19. The summed E-state index contributed by atoms with van der Waals surface area (Å²) in [4.78, 5) is 11.1. The average molecular weight is 384 g/mol. The first-order chi connectivity index (χ1) is 13.5. The van der Waals surface area contributed by atoms with Crippen molar-refractivity contribution in [2.24, 2.45) is 0 Å². The third-order valence-corrected chi connectivity index (χ3v) is 4.69. The van der Waals surface area contributed by atoms with Crippen molar-refractivity contribution in [3.63, 3.8) is 0 Å². The fourth-order valence-electron chi connectivity index (χ4n) is 3.32. The zero-order chi connectivity index (χ0) is 19.6. The zero-order valence-corrected chi connectivity index (χ0v) is 15.1. The number of anilines is 3. The minimum absolute atomic E-state index is 0.0624. The quantitative estimate of drug-likeness (QED) is 0.644. The lowest BCUT2D eigenvalue weighted by molar-refractivity contribution is -0.136. The predicted molar refractivity (Wildman–Crippen MR) is 104 cm³/mol. The van der Waals surface area contributed by atoms with E-state index in [-0.39, 0.29) is 11.6 Å². The monoisotopic (exact) mass is 384 g/mol. The molecule has 1 aliphatic rings. The van der Waals surface area contributed by atoms with Gasteiger partial charge in [0.05, 0.1) is 16.9 Å². The van der Waals surface area contributed by atoms with Crippen LogP contribution in [0.25, 0.3) is 11.3 Å². The fourth-order valence-corrected chi connectivity index (χ4v) is 3.32. The lowest BCUT2D eigenvalue weighted by Crippen LogP contribution is -2.20. The Labute approximate surface area is 161 Å². The standard InChI is InChI=1S/C21H19F3N4/c22-21(23,24)16-10-4-5-11-17(16)25-20-26-18(15-8-2-1-3-9-15)14-19(27-20)28-12-6-7-13-28/h1-5,8-11,14H,6-7,12-13H2,(H,25,26,27). The first-order valence-corrected chi connectivity index (χ1v) is 9.13. The van der Waals surface area contributed by atoms with Crippen molar-refractivity contribution in [2.75, 3.05) is 23.3 Å². The molecule has 0 spiro atoms. The normalized spacial score (nSPS) is 14.3. The molecule has 0 radical (unpaired) electrons. The molecule has 4 rings (SSSR count). The smallest absolute Gasteiger partial charge is 0.356 e. The maximum Gasteiger partial charge on any atom is 0.418 e. The summed E-state index contributed by atoms with van der Waals surface area (Å²) in [5.41, 5.74) is 0.751. The Morgan fingerprint density at radius 2 is 1.54 bits per heavy atom. The van der Waals surface area contributed by atoms with Gasteiger partial charge >= 0.3 is 6.18 Å². The molecule has 0 unspecified atom stereocenters. The molecule has 0 atom stereocenters. The molecule has 2 heterocycles. The van der Waals surface area contributed by atoms with Crippen LogP contribution in [0.15, 0.2) is 60.7 Å². The van der Waals surface area contributed by atoms with Crippen LogP contribution in [-0.4, -0.2) is 23.1 Å². The number of hydrogen-bond donors (Lipinski definition) is 1. The molecule has 0 bridgehead atoms. The molecule has 7 heteroatoms. The van der Waals surface area contributed by atoms with E-state index in [4.69, 9.17) is 0 Å². The van der Waals surface area contributed by atoms with Crippen LogP contribution in [0.2, 0.25) is 0 Å². The van der Waals surface area contributed by atoms with Crippen LogP contribution in [0.4, 0.5) is 30.6 Å². The molecule has 1 N–H and O–H groups in total. The number of hydrogen-bond acceptors (Lipinski definition) is 4. The number of halogens is 3. The summed E-state index contributed by atoms with van der Waals surface area (Å²) in [5.74, 6) is 0.873. The van der Waals surface area contributed by atoms with Gasteiger partial charge in [-0.1, -0.05) is 42.5 Å². The van der Waals surface area contributed by atoms with Crippen LogP contribution in [0.1, 0.15) is 18.4 Å². The van der Waals surface area contributed by atoms with E-state index < -0.39 is 11.7 Å². The summed E-state index contributed by atoms with van der Waals surface area (Å²) in [7, 11) is 0. The molecule has 2 aromatic carbocycles. The molecule has 144 valence electrons. The minimum Gasteiger partial charge on any atom is -0.356 e. The first kappa shape index (κ1) is 18.3. The Balaban J connectivity index is 1.76. The highest BCUT2D eigenvalue weighted by Crippen LogP contribution is 2.36. The highest BCUT2D eigenvalue weighted by Gasteiger charge is 2.33. The molecule has 4 nitrogen and oxygen atoms in total. The maximum atomic E-state index is 13.3. The molecule has 1 saturated heterocycles. The van der Waals surface area contributed by atoms with Gasteiger partial charge in [-0.2, -0.15) is 18.2 Å². The summed E-state index contributed by atoms with van der Waals surface area (Å²) in [6.45, 7) is 1.76. The van der Waals surface area contributed by atoms with Crippen LogP contribution in [0.3, 0.4) is 0 Å². The van der Waals surface area contributed by atoms with Crippen LogP contribution < -0.4 is 10.2 Å². The van der Waals surface area contributed by atoms with E-state index in [0.717, 1.165) is 43.4 Å². The Kier molecular flexibility index (Phi) is 4.90. The van der Waals surface area contributed by atoms with Crippen molar-refractivity contribution in [3.05, 3.63) is 66.2 Å². The summed E-state index contributed by atoms with van der Waals surface area (Å²) in [6.07, 6.45) is -2.31. The summed E-state index contributed by atoms with van der Waals surface area (Å²) < 4.78 is 40.0. The molecule has 1 fully saturated rings. The van der Waals surface area contributed by atoms with Gasteiger partial charge in [-0.25, -0.2) is 4.98 Å². The number of benzene rings is 2. The molecule has 1 aromatic heterocycles. The summed E-state index contributed by atoms with van der Waals surface area (Å²) in [6, 6.07) is 16.8. The Morgan fingerprint density at radius 1 is 0.857 bits per heavy atom. The third kappa shape index (κ3) is 3.93. The molecule has 0 aliphatic carbocycles. The number of nitrogens with zero attached hydrogens (tertiary/aromatic N) is 3. The van der Waals surface area contributed by atoms with Gasteiger partial charge in [0, 0.05) is 24.7 Å². The number of nitrogens with one attached hydrogen (secondary N) is 1. The second kappa shape index (κ2) is 7.50. The molecule has 1 aliphatic heterocycles. The number of rotatable bonds is 4. The van der Waals surface area contributed by atoms with E-state index in [1.54, 1.807) is 6.07 Å². The van der Waals surface area contributed by atoms with Gasteiger partial charge in [0.1, 0.15) is 5.82 Å². The topological polar surface area (TPSA) is 41.1 Å². The zero-order valence-electron chi connectivity index (χ0n) is 15.1. The summed E-state index contributed by atoms with van der Waals surface area (Å²) >= 11 is 0. The van der Waals surface area contributed by atoms with Gasteiger partial charge in [0.15, 0.2) is 0 Å². The molecule has 28 heavy (non-hydrogen) atoms. The van der Waals surface area contributed by atoms with Crippen molar-refractivity contribution < 1.29 is 13.2 Å². The van der Waals surface area contributed by atoms with Crippen molar-refractivity contribution in [1.29, 1.82) is 0 Å². The minimum atomic E-state index is -4.46. The number of aromatic nitrogens is 2. The highest BCUT2D eigenvalue weighted by atomic mass is 19.4. The van der Waals surface area contributed by atoms with E-state index in [2.05, 4.69) is 20.2 Å². The van der Waals surface area contributed by atoms with Gasteiger partial charge in [0.25, 0.3) is 0 Å².